The topological polar surface area (TPSA) is 20.2 Å². The smallest absolute Gasteiger partial charge is 0.116 e. The molecular formula is C11H12O. The zero-order chi connectivity index (χ0) is 8.55. The molecule has 0 atom stereocenters. The van der Waals surface area contributed by atoms with E-state index in [0.29, 0.717) is 5.75 Å². The lowest BCUT2D eigenvalue weighted by atomic mass is 9.88. The molecule has 62 valence electrons. The summed E-state index contributed by atoms with van der Waals surface area (Å²) in [5.41, 5.74) is 3.64. The number of rotatable bonds is 0. The van der Waals surface area contributed by atoms with Crippen LogP contribution in [0.3, 0.4) is 0 Å². The van der Waals surface area contributed by atoms with Crippen molar-refractivity contribution in [2.45, 2.75) is 19.3 Å². The Hall–Kier alpha value is -1.24. The first-order valence-corrected chi connectivity index (χ1v) is 4.27. The lowest BCUT2D eigenvalue weighted by Crippen LogP contribution is -1.99. The molecule has 12 heavy (non-hydrogen) atoms. The quantitative estimate of drug-likeness (QED) is 0.618. The SMILES string of the molecule is C=C1CCCc2ccc(O)cc21. The van der Waals surface area contributed by atoms with Gasteiger partial charge in [0.05, 0.1) is 0 Å². The summed E-state index contributed by atoms with van der Waals surface area (Å²) in [6.45, 7) is 3.99. The van der Waals surface area contributed by atoms with Gasteiger partial charge in [-0.25, -0.2) is 0 Å². The second-order valence-corrected chi connectivity index (χ2v) is 3.30. The summed E-state index contributed by atoms with van der Waals surface area (Å²) in [4.78, 5) is 0. The van der Waals surface area contributed by atoms with Gasteiger partial charge in [0.25, 0.3) is 0 Å². The molecular weight excluding hydrogens is 148 g/mol. The monoisotopic (exact) mass is 160 g/mol. The molecule has 1 aromatic carbocycles. The van der Waals surface area contributed by atoms with Gasteiger partial charge >= 0.3 is 0 Å². The number of allylic oxidation sites excluding steroid dienone is 1. The Balaban J connectivity index is 2.54. The van der Waals surface area contributed by atoms with E-state index in [1.807, 2.05) is 12.1 Å². The zero-order valence-electron chi connectivity index (χ0n) is 7.01. The number of phenols is 1. The maximum atomic E-state index is 9.26. The molecule has 0 saturated heterocycles. The number of benzene rings is 1. The van der Waals surface area contributed by atoms with Gasteiger partial charge in [-0.3, -0.25) is 0 Å². The molecule has 2 rings (SSSR count). The first-order chi connectivity index (χ1) is 5.77. The van der Waals surface area contributed by atoms with Crippen molar-refractivity contribution in [1.29, 1.82) is 0 Å². The van der Waals surface area contributed by atoms with E-state index >= 15 is 0 Å². The maximum Gasteiger partial charge on any atom is 0.116 e. The summed E-state index contributed by atoms with van der Waals surface area (Å²) >= 11 is 0. The molecule has 0 spiro atoms. The minimum Gasteiger partial charge on any atom is -0.508 e. The van der Waals surface area contributed by atoms with Crippen LogP contribution in [0.4, 0.5) is 0 Å². The van der Waals surface area contributed by atoms with Gasteiger partial charge in [-0.15, -0.1) is 0 Å². The number of phenolic OH excluding ortho intramolecular Hbond substituents is 1. The van der Waals surface area contributed by atoms with Crippen LogP contribution in [0.5, 0.6) is 5.75 Å². The van der Waals surface area contributed by atoms with Crippen LogP contribution in [-0.2, 0) is 6.42 Å². The average Bonchev–Trinajstić information content (AvgIpc) is 2.07. The van der Waals surface area contributed by atoms with Crippen molar-refractivity contribution in [3.63, 3.8) is 0 Å². The Morgan fingerprint density at radius 2 is 2.08 bits per heavy atom. The highest BCUT2D eigenvalue weighted by Crippen LogP contribution is 2.31. The van der Waals surface area contributed by atoms with Crippen molar-refractivity contribution >= 4 is 5.57 Å². The standard InChI is InChI=1S/C11H12O/c1-8-3-2-4-9-5-6-10(12)7-11(8)9/h5-7,12H,1-4H2. The number of fused-ring (bicyclic) bond motifs is 1. The van der Waals surface area contributed by atoms with E-state index in [9.17, 15) is 5.11 Å². The normalized spacial score (nSPS) is 15.8. The predicted molar refractivity (Wildman–Crippen MR) is 50.1 cm³/mol. The van der Waals surface area contributed by atoms with E-state index in [1.54, 1.807) is 6.07 Å². The molecule has 0 fully saturated rings. The van der Waals surface area contributed by atoms with Crippen molar-refractivity contribution in [3.8, 4) is 5.75 Å². The van der Waals surface area contributed by atoms with Gasteiger partial charge in [-0.05, 0) is 48.1 Å². The van der Waals surface area contributed by atoms with Gasteiger partial charge in [-0.2, -0.15) is 0 Å². The van der Waals surface area contributed by atoms with Gasteiger partial charge in [0.2, 0.25) is 0 Å². The second kappa shape index (κ2) is 2.67. The van der Waals surface area contributed by atoms with Crippen molar-refractivity contribution < 1.29 is 5.11 Å². The van der Waals surface area contributed by atoms with Crippen molar-refractivity contribution in [2.24, 2.45) is 0 Å². The Morgan fingerprint density at radius 3 is 2.92 bits per heavy atom. The molecule has 0 radical (unpaired) electrons. The molecule has 0 heterocycles. The van der Waals surface area contributed by atoms with E-state index < -0.39 is 0 Å². The third kappa shape index (κ3) is 1.11. The first-order valence-electron chi connectivity index (χ1n) is 4.27. The molecule has 0 amide bonds. The number of aryl methyl sites for hydroxylation is 1. The van der Waals surface area contributed by atoms with Crippen LogP contribution >= 0.6 is 0 Å². The molecule has 1 nitrogen and oxygen atoms in total. The maximum absolute atomic E-state index is 9.26. The predicted octanol–water partition coefficient (Wildman–Crippen LogP) is 2.74. The minimum atomic E-state index is 0.344. The second-order valence-electron chi connectivity index (χ2n) is 3.30. The molecule has 0 aromatic heterocycles. The summed E-state index contributed by atoms with van der Waals surface area (Å²) in [5, 5.41) is 9.26. The summed E-state index contributed by atoms with van der Waals surface area (Å²) in [5.74, 6) is 0.344. The largest absolute Gasteiger partial charge is 0.508 e. The van der Waals surface area contributed by atoms with Gasteiger partial charge in [-0.1, -0.05) is 12.6 Å². The third-order valence-corrected chi connectivity index (χ3v) is 2.40. The fraction of sp³-hybridized carbons (Fsp3) is 0.273. The molecule has 0 aliphatic heterocycles. The molecule has 1 aromatic rings. The minimum absolute atomic E-state index is 0.344. The van der Waals surface area contributed by atoms with Gasteiger partial charge in [0.1, 0.15) is 5.75 Å². The van der Waals surface area contributed by atoms with Gasteiger partial charge < -0.3 is 5.11 Å². The van der Waals surface area contributed by atoms with Crippen LogP contribution in [-0.4, -0.2) is 5.11 Å². The Labute approximate surface area is 72.4 Å². The van der Waals surface area contributed by atoms with Crippen LogP contribution in [0.1, 0.15) is 24.0 Å². The van der Waals surface area contributed by atoms with Crippen LogP contribution in [0.25, 0.3) is 5.57 Å². The van der Waals surface area contributed by atoms with Crippen LogP contribution in [0.2, 0.25) is 0 Å². The van der Waals surface area contributed by atoms with E-state index in [-0.39, 0.29) is 0 Å². The van der Waals surface area contributed by atoms with Crippen molar-refractivity contribution in [3.05, 3.63) is 35.9 Å². The zero-order valence-corrected chi connectivity index (χ0v) is 7.01. The Bertz CT molecular complexity index is 326. The van der Waals surface area contributed by atoms with Crippen LogP contribution in [0, 0.1) is 0 Å². The third-order valence-electron chi connectivity index (χ3n) is 2.40. The van der Waals surface area contributed by atoms with Crippen LogP contribution in [0.15, 0.2) is 24.8 Å². The Kier molecular flexibility index (Phi) is 1.65. The van der Waals surface area contributed by atoms with Gasteiger partial charge in [0, 0.05) is 0 Å². The van der Waals surface area contributed by atoms with E-state index in [0.717, 1.165) is 24.0 Å². The molecule has 0 bridgehead atoms. The fourth-order valence-electron chi connectivity index (χ4n) is 1.74. The fourth-order valence-corrected chi connectivity index (χ4v) is 1.74. The van der Waals surface area contributed by atoms with E-state index in [4.69, 9.17) is 0 Å². The molecule has 1 aliphatic carbocycles. The molecule has 1 aliphatic rings. The van der Waals surface area contributed by atoms with E-state index in [1.165, 1.54) is 12.0 Å². The van der Waals surface area contributed by atoms with Gasteiger partial charge in [0.15, 0.2) is 0 Å². The summed E-state index contributed by atoms with van der Waals surface area (Å²) in [6.07, 6.45) is 3.38. The van der Waals surface area contributed by atoms with Crippen molar-refractivity contribution in [1.82, 2.24) is 0 Å². The number of hydrogen-bond donors (Lipinski definition) is 1. The lowest BCUT2D eigenvalue weighted by molar-refractivity contribution is 0.474. The summed E-state index contributed by atoms with van der Waals surface area (Å²) in [6, 6.07) is 5.56. The average molecular weight is 160 g/mol. The highest BCUT2D eigenvalue weighted by molar-refractivity contribution is 5.69. The molecule has 1 heteroatoms. The first kappa shape index (κ1) is 7.41. The van der Waals surface area contributed by atoms with Crippen LogP contribution < -0.4 is 0 Å². The van der Waals surface area contributed by atoms with Crippen molar-refractivity contribution in [2.75, 3.05) is 0 Å². The summed E-state index contributed by atoms with van der Waals surface area (Å²) < 4.78 is 0. The molecule has 1 N–H and O–H groups in total. The summed E-state index contributed by atoms with van der Waals surface area (Å²) in [7, 11) is 0. The molecule has 0 saturated carbocycles. The highest BCUT2D eigenvalue weighted by Gasteiger charge is 2.12. The lowest BCUT2D eigenvalue weighted by Gasteiger charge is -2.17. The number of hydrogen-bond acceptors (Lipinski definition) is 1. The Morgan fingerprint density at radius 1 is 1.25 bits per heavy atom. The van der Waals surface area contributed by atoms with E-state index in [2.05, 4.69) is 6.58 Å². The number of aromatic hydroxyl groups is 1. The highest BCUT2D eigenvalue weighted by atomic mass is 16.3. The molecule has 0 unspecified atom stereocenters.